The molecule has 0 radical (unpaired) electrons. The third-order valence-corrected chi connectivity index (χ3v) is 5.89. The number of aliphatic imine (C=N–C) groups is 1. The number of rotatable bonds is 5. The molecule has 3 rings (SSSR count). The van der Waals surface area contributed by atoms with E-state index in [4.69, 9.17) is 9.73 Å². The van der Waals surface area contributed by atoms with Crippen molar-refractivity contribution in [3.8, 4) is 5.75 Å². The molecule has 0 aliphatic carbocycles. The van der Waals surface area contributed by atoms with E-state index in [1.807, 2.05) is 49.4 Å². The molecule has 1 aliphatic rings. The van der Waals surface area contributed by atoms with Gasteiger partial charge in [-0.1, -0.05) is 31.2 Å². The number of halogens is 1. The molecule has 140 valence electrons. The molecule has 0 aromatic heterocycles. The van der Waals surface area contributed by atoms with Crippen molar-refractivity contribution >= 4 is 50.5 Å². The molecule has 2 aromatic carbocycles. The average Bonchev–Trinajstić information content (AvgIpc) is 2.96. The lowest BCUT2D eigenvalue weighted by Gasteiger charge is -2.12. The van der Waals surface area contributed by atoms with Crippen molar-refractivity contribution in [1.82, 2.24) is 4.90 Å². The first-order chi connectivity index (χ1) is 13.1. The van der Waals surface area contributed by atoms with Crippen molar-refractivity contribution in [2.24, 2.45) is 4.99 Å². The van der Waals surface area contributed by atoms with Gasteiger partial charge in [-0.05, 0) is 76.4 Å². The molecule has 4 nitrogen and oxygen atoms in total. The van der Waals surface area contributed by atoms with E-state index in [-0.39, 0.29) is 5.91 Å². The molecule has 1 heterocycles. The number of thioether (sulfide) groups is 1. The first-order valence-electron chi connectivity index (χ1n) is 8.78. The number of aryl methyl sites for hydroxylation is 1. The van der Waals surface area contributed by atoms with Crippen LogP contribution in [0.3, 0.4) is 0 Å². The summed E-state index contributed by atoms with van der Waals surface area (Å²) >= 11 is 4.91. The number of benzene rings is 2. The van der Waals surface area contributed by atoms with Crippen LogP contribution >= 0.6 is 27.7 Å². The maximum absolute atomic E-state index is 12.8. The van der Waals surface area contributed by atoms with Gasteiger partial charge in [0.25, 0.3) is 5.91 Å². The number of para-hydroxylation sites is 1. The van der Waals surface area contributed by atoms with Crippen LogP contribution in [0.4, 0.5) is 5.69 Å². The van der Waals surface area contributed by atoms with E-state index in [9.17, 15) is 4.79 Å². The number of amidine groups is 1. The van der Waals surface area contributed by atoms with Gasteiger partial charge >= 0.3 is 0 Å². The van der Waals surface area contributed by atoms with E-state index < -0.39 is 0 Å². The second kappa shape index (κ2) is 8.76. The van der Waals surface area contributed by atoms with Gasteiger partial charge < -0.3 is 4.74 Å². The van der Waals surface area contributed by atoms with Gasteiger partial charge in [0.05, 0.1) is 22.2 Å². The van der Waals surface area contributed by atoms with Gasteiger partial charge in [-0.15, -0.1) is 0 Å². The quantitative estimate of drug-likeness (QED) is 0.559. The molecule has 1 aliphatic heterocycles. The Morgan fingerprint density at radius 3 is 2.67 bits per heavy atom. The van der Waals surface area contributed by atoms with E-state index in [0.29, 0.717) is 11.4 Å². The number of hydrogen-bond donors (Lipinski definition) is 0. The number of nitrogens with zero attached hydrogens (tertiary/aromatic N) is 2. The number of carbonyl (C=O) groups excluding carboxylic acids is 1. The fourth-order valence-electron chi connectivity index (χ4n) is 2.82. The highest BCUT2D eigenvalue weighted by Crippen LogP contribution is 2.35. The summed E-state index contributed by atoms with van der Waals surface area (Å²) in [6.07, 6.45) is 2.80. The number of hydrogen-bond acceptors (Lipinski definition) is 4. The summed E-state index contributed by atoms with van der Waals surface area (Å²) in [4.78, 5) is 20.0. The van der Waals surface area contributed by atoms with E-state index >= 15 is 0 Å². The van der Waals surface area contributed by atoms with Crippen LogP contribution in [0, 0.1) is 0 Å². The normalized spacial score (nSPS) is 17.2. The summed E-state index contributed by atoms with van der Waals surface area (Å²) in [5.74, 6) is 0.748. The highest BCUT2D eigenvalue weighted by atomic mass is 79.9. The lowest BCUT2D eigenvalue weighted by atomic mass is 10.1. The summed E-state index contributed by atoms with van der Waals surface area (Å²) in [6.45, 7) is 4.66. The molecule has 6 heteroatoms. The molecule has 2 aromatic rings. The van der Waals surface area contributed by atoms with Gasteiger partial charge in [0, 0.05) is 6.54 Å². The Hall–Kier alpha value is -2.05. The standard InChI is InChI=1S/C21H21BrN2O2S/c1-4-15-8-6-7-9-17(15)23-21-24(5-2)20(25)19(27-21)13-14-10-11-18(26-3)16(22)12-14/h6-13H,4-5H2,1-3H3/b19-13+,23-21?. The SMILES string of the molecule is CCc1ccccc1N=C1S/C(=C/c2ccc(OC)c(Br)c2)C(=O)N1CC. The van der Waals surface area contributed by atoms with Crippen LogP contribution in [-0.2, 0) is 11.2 Å². The van der Waals surface area contributed by atoms with Gasteiger partial charge in [-0.3, -0.25) is 9.69 Å². The second-order valence-corrected chi connectivity index (χ2v) is 7.79. The maximum Gasteiger partial charge on any atom is 0.266 e. The van der Waals surface area contributed by atoms with Gasteiger partial charge in [-0.25, -0.2) is 4.99 Å². The van der Waals surface area contributed by atoms with Gasteiger partial charge in [-0.2, -0.15) is 0 Å². The Labute approximate surface area is 172 Å². The van der Waals surface area contributed by atoms with Crippen molar-refractivity contribution in [3.63, 3.8) is 0 Å². The first kappa shape index (κ1) is 19.7. The Balaban J connectivity index is 1.95. The summed E-state index contributed by atoms with van der Waals surface area (Å²) in [5, 5.41) is 0.724. The fourth-order valence-corrected chi connectivity index (χ4v) is 4.43. The minimum atomic E-state index is -0.0119. The Morgan fingerprint density at radius 2 is 2.00 bits per heavy atom. The van der Waals surface area contributed by atoms with Gasteiger partial charge in [0.15, 0.2) is 5.17 Å². The Kier molecular flexibility index (Phi) is 6.39. The molecular formula is C21H21BrN2O2S. The summed E-state index contributed by atoms with van der Waals surface area (Å²) in [6, 6.07) is 13.8. The minimum Gasteiger partial charge on any atom is -0.496 e. The number of ether oxygens (including phenoxy) is 1. The molecule has 1 fully saturated rings. The zero-order valence-electron chi connectivity index (χ0n) is 15.5. The van der Waals surface area contributed by atoms with Crippen LogP contribution in [0.1, 0.15) is 25.0 Å². The Morgan fingerprint density at radius 1 is 1.22 bits per heavy atom. The third kappa shape index (κ3) is 4.28. The second-order valence-electron chi connectivity index (χ2n) is 5.93. The number of likely N-dealkylation sites (N-methyl/N-ethyl adjacent to an activating group) is 1. The van der Waals surface area contributed by atoms with E-state index in [1.54, 1.807) is 12.0 Å². The summed E-state index contributed by atoms with van der Waals surface area (Å²) in [5.41, 5.74) is 3.03. The maximum atomic E-state index is 12.8. The van der Waals surface area contributed by atoms with Crippen molar-refractivity contribution in [1.29, 1.82) is 0 Å². The van der Waals surface area contributed by atoms with Crippen molar-refractivity contribution in [2.75, 3.05) is 13.7 Å². The molecule has 0 N–H and O–H groups in total. The van der Waals surface area contributed by atoms with Crippen LogP contribution in [0.2, 0.25) is 0 Å². The molecule has 0 saturated carbocycles. The zero-order chi connectivity index (χ0) is 19.4. The lowest BCUT2D eigenvalue weighted by Crippen LogP contribution is -2.28. The predicted octanol–water partition coefficient (Wildman–Crippen LogP) is 5.64. The van der Waals surface area contributed by atoms with Gasteiger partial charge in [0.2, 0.25) is 0 Å². The molecule has 0 spiro atoms. The molecule has 1 saturated heterocycles. The van der Waals surface area contributed by atoms with Crippen molar-refractivity contribution in [3.05, 3.63) is 63.0 Å². The summed E-state index contributed by atoms with van der Waals surface area (Å²) in [7, 11) is 1.63. The third-order valence-electron chi connectivity index (χ3n) is 4.27. The zero-order valence-corrected chi connectivity index (χ0v) is 17.9. The molecule has 0 bridgehead atoms. The van der Waals surface area contributed by atoms with Crippen LogP contribution in [0.15, 0.2) is 56.8 Å². The average molecular weight is 445 g/mol. The minimum absolute atomic E-state index is 0.0119. The van der Waals surface area contributed by atoms with Crippen LogP contribution in [-0.4, -0.2) is 29.6 Å². The number of carbonyl (C=O) groups is 1. The van der Waals surface area contributed by atoms with Gasteiger partial charge in [0.1, 0.15) is 5.75 Å². The van der Waals surface area contributed by atoms with E-state index in [2.05, 4.69) is 28.9 Å². The molecule has 27 heavy (non-hydrogen) atoms. The van der Waals surface area contributed by atoms with Crippen molar-refractivity contribution < 1.29 is 9.53 Å². The van der Waals surface area contributed by atoms with Crippen LogP contribution in [0.25, 0.3) is 6.08 Å². The highest BCUT2D eigenvalue weighted by molar-refractivity contribution is 9.10. The Bertz CT molecular complexity index is 924. The smallest absolute Gasteiger partial charge is 0.266 e. The molecule has 0 unspecified atom stereocenters. The topological polar surface area (TPSA) is 41.9 Å². The van der Waals surface area contributed by atoms with E-state index in [1.165, 1.54) is 17.3 Å². The molecule has 1 amide bonds. The molecule has 0 atom stereocenters. The van der Waals surface area contributed by atoms with Crippen LogP contribution < -0.4 is 4.74 Å². The van der Waals surface area contributed by atoms with Crippen LogP contribution in [0.5, 0.6) is 5.75 Å². The highest BCUT2D eigenvalue weighted by Gasteiger charge is 2.32. The van der Waals surface area contributed by atoms with E-state index in [0.717, 1.165) is 33.1 Å². The number of amides is 1. The predicted molar refractivity (Wildman–Crippen MR) is 117 cm³/mol. The largest absolute Gasteiger partial charge is 0.496 e. The lowest BCUT2D eigenvalue weighted by molar-refractivity contribution is -0.122. The first-order valence-corrected chi connectivity index (χ1v) is 10.4. The summed E-state index contributed by atoms with van der Waals surface area (Å²) < 4.78 is 6.12. The number of methoxy groups -OCH3 is 1. The molecular weight excluding hydrogens is 424 g/mol. The van der Waals surface area contributed by atoms with Crippen molar-refractivity contribution in [2.45, 2.75) is 20.3 Å². The fraction of sp³-hybridized carbons (Fsp3) is 0.238. The monoisotopic (exact) mass is 444 g/mol.